The van der Waals surface area contributed by atoms with E-state index in [2.05, 4.69) is 20.4 Å². The van der Waals surface area contributed by atoms with Crippen LogP contribution in [-0.2, 0) is 0 Å². The Labute approximate surface area is 76.4 Å². The maximum absolute atomic E-state index is 4.37. The molecule has 0 bridgehead atoms. The van der Waals surface area contributed by atoms with Crippen LogP contribution >= 0.6 is 0 Å². The fourth-order valence-corrected chi connectivity index (χ4v) is 1.28. The minimum atomic E-state index is -0.0695. The van der Waals surface area contributed by atoms with Crippen LogP contribution in [0.25, 0.3) is 0 Å². The van der Waals surface area contributed by atoms with Gasteiger partial charge in [-0.15, -0.1) is 5.10 Å². The van der Waals surface area contributed by atoms with Gasteiger partial charge in [0.1, 0.15) is 0 Å². The Morgan fingerprint density at radius 3 is 2.69 bits per heavy atom. The molecule has 1 aromatic heterocycles. The van der Waals surface area contributed by atoms with Crippen LogP contribution in [0, 0.1) is 6.92 Å². The van der Waals surface area contributed by atoms with Crippen LogP contribution in [0.3, 0.4) is 0 Å². The second-order valence-electron chi connectivity index (χ2n) is 3.05. The fourth-order valence-electron chi connectivity index (χ4n) is 1.28. The summed E-state index contributed by atoms with van der Waals surface area (Å²) in [6.45, 7) is 3.87. The van der Waals surface area contributed by atoms with Crippen molar-refractivity contribution < 1.29 is 0 Å². The van der Waals surface area contributed by atoms with Gasteiger partial charge in [-0.2, -0.15) is 5.11 Å². The molecule has 0 fully saturated rings. The molecule has 2 heterocycles. The predicted octanol–water partition coefficient (Wildman–Crippen LogP) is 2.27. The predicted molar refractivity (Wildman–Crippen MR) is 49.7 cm³/mol. The van der Waals surface area contributed by atoms with Crippen LogP contribution in [0.15, 0.2) is 33.6 Å². The summed E-state index contributed by atoms with van der Waals surface area (Å²) < 4.78 is 0. The van der Waals surface area contributed by atoms with Gasteiger partial charge in [0.15, 0.2) is 6.04 Å². The molecule has 0 aromatic carbocycles. The highest BCUT2D eigenvalue weighted by Crippen LogP contribution is 2.22. The van der Waals surface area contributed by atoms with Gasteiger partial charge in [-0.05, 0) is 31.2 Å². The maximum atomic E-state index is 4.37. The quantitative estimate of drug-likeness (QED) is 0.644. The zero-order valence-corrected chi connectivity index (χ0v) is 7.60. The monoisotopic (exact) mass is 174 g/mol. The van der Waals surface area contributed by atoms with Crippen LogP contribution < -0.4 is 0 Å². The van der Waals surface area contributed by atoms with Crippen molar-refractivity contribution in [1.82, 2.24) is 4.98 Å². The lowest BCUT2D eigenvalue weighted by atomic mass is 10.1. The standard InChI is InChI=1S/C9H10N4/c1-6-4-3-5-8(10-6)9-7(2)11-13-12-9/h3-5,9H,1-2H3. The van der Waals surface area contributed by atoms with E-state index < -0.39 is 0 Å². The van der Waals surface area contributed by atoms with Gasteiger partial charge in [-0.1, -0.05) is 6.07 Å². The molecule has 1 atom stereocenters. The minimum absolute atomic E-state index is 0.0695. The lowest BCUT2D eigenvalue weighted by molar-refractivity contribution is 0.854. The molecule has 0 spiro atoms. The first-order valence-electron chi connectivity index (χ1n) is 4.15. The molecule has 2 rings (SSSR count). The van der Waals surface area contributed by atoms with Crippen LogP contribution in [0.1, 0.15) is 24.4 Å². The van der Waals surface area contributed by atoms with E-state index in [0.717, 1.165) is 17.1 Å². The third kappa shape index (κ3) is 1.47. The van der Waals surface area contributed by atoms with E-state index in [1.54, 1.807) is 0 Å². The molecule has 1 unspecified atom stereocenters. The Hall–Kier alpha value is -1.58. The van der Waals surface area contributed by atoms with Crippen molar-refractivity contribution >= 4 is 5.71 Å². The summed E-state index contributed by atoms with van der Waals surface area (Å²) in [4.78, 5) is 4.37. The lowest BCUT2D eigenvalue weighted by Crippen LogP contribution is -2.05. The molecule has 0 aliphatic carbocycles. The Morgan fingerprint density at radius 1 is 1.23 bits per heavy atom. The fraction of sp³-hybridized carbons (Fsp3) is 0.333. The molecule has 1 aliphatic heterocycles. The molecule has 66 valence electrons. The first-order chi connectivity index (χ1) is 6.27. The van der Waals surface area contributed by atoms with Crippen LogP contribution in [0.5, 0.6) is 0 Å². The van der Waals surface area contributed by atoms with Crippen molar-refractivity contribution in [1.29, 1.82) is 0 Å². The van der Waals surface area contributed by atoms with E-state index in [1.807, 2.05) is 32.0 Å². The Balaban J connectivity index is 2.36. The maximum Gasteiger partial charge on any atom is 0.154 e. The van der Waals surface area contributed by atoms with Gasteiger partial charge < -0.3 is 0 Å². The van der Waals surface area contributed by atoms with Gasteiger partial charge in [-0.25, -0.2) is 0 Å². The third-order valence-electron chi connectivity index (χ3n) is 1.96. The van der Waals surface area contributed by atoms with Crippen molar-refractivity contribution in [3.05, 3.63) is 29.6 Å². The highest BCUT2D eigenvalue weighted by molar-refractivity contribution is 5.88. The summed E-state index contributed by atoms with van der Waals surface area (Å²) in [6, 6.07) is 5.81. The minimum Gasteiger partial charge on any atom is -0.255 e. The molecule has 0 N–H and O–H groups in total. The average Bonchev–Trinajstić information content (AvgIpc) is 2.51. The second kappa shape index (κ2) is 3.05. The SMILES string of the molecule is CC1=NN=NC1c1cccc(C)n1. The number of nitrogens with zero attached hydrogens (tertiary/aromatic N) is 4. The molecule has 0 amide bonds. The molecule has 4 heteroatoms. The zero-order valence-electron chi connectivity index (χ0n) is 7.60. The summed E-state index contributed by atoms with van der Waals surface area (Å²) in [6.07, 6.45) is 0. The molecule has 0 saturated carbocycles. The smallest absolute Gasteiger partial charge is 0.154 e. The van der Waals surface area contributed by atoms with Crippen LogP contribution in [0.2, 0.25) is 0 Å². The Kier molecular flexibility index (Phi) is 1.88. The van der Waals surface area contributed by atoms with E-state index in [1.165, 1.54) is 0 Å². The first kappa shape index (κ1) is 8.04. The molecular weight excluding hydrogens is 164 g/mol. The van der Waals surface area contributed by atoms with E-state index in [-0.39, 0.29) is 6.04 Å². The highest BCUT2D eigenvalue weighted by atomic mass is 15.4. The van der Waals surface area contributed by atoms with Crippen molar-refractivity contribution in [2.75, 3.05) is 0 Å². The molecule has 4 nitrogen and oxygen atoms in total. The van der Waals surface area contributed by atoms with Gasteiger partial charge >= 0.3 is 0 Å². The first-order valence-corrected chi connectivity index (χ1v) is 4.15. The largest absolute Gasteiger partial charge is 0.255 e. The summed E-state index contributed by atoms with van der Waals surface area (Å²) in [5.41, 5.74) is 2.81. The van der Waals surface area contributed by atoms with E-state index in [9.17, 15) is 0 Å². The van der Waals surface area contributed by atoms with Gasteiger partial charge in [0.05, 0.1) is 11.4 Å². The summed E-state index contributed by atoms with van der Waals surface area (Å²) in [5, 5.41) is 11.5. The number of aromatic nitrogens is 1. The topological polar surface area (TPSA) is 50.0 Å². The lowest BCUT2D eigenvalue weighted by Gasteiger charge is -2.05. The highest BCUT2D eigenvalue weighted by Gasteiger charge is 2.19. The molecule has 1 aliphatic rings. The zero-order chi connectivity index (χ0) is 9.26. The number of hydrogen-bond donors (Lipinski definition) is 0. The normalized spacial score (nSPS) is 20.5. The van der Waals surface area contributed by atoms with Gasteiger partial charge in [0.25, 0.3) is 0 Å². The van der Waals surface area contributed by atoms with Crippen molar-refractivity contribution in [3.8, 4) is 0 Å². The number of rotatable bonds is 1. The van der Waals surface area contributed by atoms with Gasteiger partial charge in [0.2, 0.25) is 0 Å². The third-order valence-corrected chi connectivity index (χ3v) is 1.96. The molecule has 1 aromatic rings. The van der Waals surface area contributed by atoms with Crippen molar-refractivity contribution in [2.24, 2.45) is 15.4 Å². The molecular formula is C9H10N4. The Morgan fingerprint density at radius 2 is 2.08 bits per heavy atom. The molecule has 0 saturated heterocycles. The van der Waals surface area contributed by atoms with E-state index in [4.69, 9.17) is 0 Å². The van der Waals surface area contributed by atoms with E-state index >= 15 is 0 Å². The molecule has 0 radical (unpaired) electrons. The van der Waals surface area contributed by atoms with Gasteiger partial charge in [-0.3, -0.25) is 4.98 Å². The second-order valence-corrected chi connectivity index (χ2v) is 3.05. The van der Waals surface area contributed by atoms with Crippen LogP contribution in [-0.4, -0.2) is 10.7 Å². The van der Waals surface area contributed by atoms with E-state index in [0.29, 0.717) is 0 Å². The van der Waals surface area contributed by atoms with Crippen molar-refractivity contribution in [3.63, 3.8) is 0 Å². The summed E-state index contributed by atoms with van der Waals surface area (Å²) in [5.74, 6) is 0. The van der Waals surface area contributed by atoms with Gasteiger partial charge in [0, 0.05) is 5.69 Å². The van der Waals surface area contributed by atoms with Crippen molar-refractivity contribution in [2.45, 2.75) is 19.9 Å². The van der Waals surface area contributed by atoms with Crippen LogP contribution in [0.4, 0.5) is 0 Å². The number of aryl methyl sites for hydroxylation is 1. The number of hydrogen-bond acceptors (Lipinski definition) is 4. The number of pyridine rings is 1. The molecule has 13 heavy (non-hydrogen) atoms. The Bertz CT molecular complexity index is 381. The average molecular weight is 174 g/mol. The summed E-state index contributed by atoms with van der Waals surface area (Å²) >= 11 is 0. The summed E-state index contributed by atoms with van der Waals surface area (Å²) in [7, 11) is 0.